The van der Waals surface area contributed by atoms with E-state index in [1.807, 2.05) is 12.1 Å². The Balaban J connectivity index is 1.33. The molecule has 0 saturated carbocycles. The summed E-state index contributed by atoms with van der Waals surface area (Å²) in [6.45, 7) is 1.28. The lowest BCUT2D eigenvalue weighted by Crippen LogP contribution is -2.39. The molecule has 1 atom stereocenters. The first-order valence-electron chi connectivity index (χ1n) is 10.7. The molecule has 2 aliphatic rings. The van der Waals surface area contributed by atoms with Gasteiger partial charge in [-0.2, -0.15) is 5.10 Å². The molecule has 8 heteroatoms. The van der Waals surface area contributed by atoms with E-state index in [0.29, 0.717) is 40.9 Å². The second-order valence-corrected chi connectivity index (χ2v) is 9.00. The van der Waals surface area contributed by atoms with E-state index in [0.717, 1.165) is 24.8 Å². The van der Waals surface area contributed by atoms with E-state index in [1.54, 1.807) is 33.8 Å². The minimum Gasteiger partial charge on any atom is -0.344 e. The van der Waals surface area contributed by atoms with Gasteiger partial charge in [0.1, 0.15) is 5.69 Å². The van der Waals surface area contributed by atoms with Crippen molar-refractivity contribution in [2.24, 2.45) is 0 Å². The van der Waals surface area contributed by atoms with Crippen LogP contribution in [0.1, 0.15) is 56.6 Å². The molecule has 3 aromatic rings. The van der Waals surface area contributed by atoms with Crippen LogP contribution in [0.2, 0.25) is 10.0 Å². The van der Waals surface area contributed by atoms with Crippen molar-refractivity contribution in [2.45, 2.75) is 38.4 Å². The Morgan fingerprint density at radius 1 is 1.09 bits per heavy atom. The molecule has 5 rings (SSSR count). The van der Waals surface area contributed by atoms with E-state index in [2.05, 4.69) is 22.5 Å². The summed E-state index contributed by atoms with van der Waals surface area (Å²) in [5, 5.41) is 8.56. The number of carbonyl (C=O) groups excluding carboxylic acids is 2. The highest BCUT2D eigenvalue weighted by molar-refractivity contribution is 6.36. The third kappa shape index (κ3) is 3.89. The Bertz CT molecular complexity index is 1190. The van der Waals surface area contributed by atoms with Crippen LogP contribution in [-0.4, -0.2) is 33.0 Å². The monoisotopic (exact) mass is 468 g/mol. The number of nitrogens with zero attached hydrogens (tertiary/aromatic N) is 3. The van der Waals surface area contributed by atoms with Crippen LogP contribution >= 0.6 is 23.2 Å². The molecule has 1 aliphatic carbocycles. The zero-order chi connectivity index (χ0) is 22.2. The van der Waals surface area contributed by atoms with Gasteiger partial charge in [0.2, 0.25) is 0 Å². The minimum absolute atomic E-state index is 0.0410. The SMILES string of the molecule is O=C(NC1CCCc2ccccc21)c1cc2n(n1)CCN(Cc1c(Cl)cccc1Cl)C2=O. The number of fused-ring (bicyclic) bond motifs is 2. The molecular formula is C24H22Cl2N4O2. The highest BCUT2D eigenvalue weighted by Gasteiger charge is 2.30. The number of hydrogen-bond acceptors (Lipinski definition) is 3. The number of halogens is 2. The van der Waals surface area contributed by atoms with Gasteiger partial charge in [0.05, 0.1) is 12.6 Å². The molecule has 6 nitrogen and oxygen atoms in total. The number of carbonyl (C=O) groups is 2. The first-order valence-corrected chi connectivity index (χ1v) is 11.5. The van der Waals surface area contributed by atoms with E-state index >= 15 is 0 Å². The number of nitrogens with one attached hydrogen (secondary N) is 1. The number of rotatable bonds is 4. The Morgan fingerprint density at radius 3 is 2.69 bits per heavy atom. The second-order valence-electron chi connectivity index (χ2n) is 8.18. The predicted octanol–water partition coefficient (Wildman–Crippen LogP) is 4.65. The molecule has 0 spiro atoms. The van der Waals surface area contributed by atoms with Crippen LogP contribution in [0.5, 0.6) is 0 Å². The van der Waals surface area contributed by atoms with E-state index in [1.165, 1.54) is 5.56 Å². The first-order chi connectivity index (χ1) is 15.5. The normalized spacial score (nSPS) is 17.6. The average Bonchev–Trinajstić information content (AvgIpc) is 3.24. The van der Waals surface area contributed by atoms with Gasteiger partial charge < -0.3 is 10.2 Å². The molecule has 164 valence electrons. The molecule has 0 radical (unpaired) electrons. The Kier molecular flexibility index (Phi) is 5.66. The molecule has 2 heterocycles. The van der Waals surface area contributed by atoms with Crippen molar-refractivity contribution in [2.75, 3.05) is 6.54 Å². The molecular weight excluding hydrogens is 447 g/mol. The minimum atomic E-state index is -0.262. The van der Waals surface area contributed by atoms with Crippen LogP contribution in [0, 0.1) is 0 Å². The molecule has 0 bridgehead atoms. The molecule has 1 N–H and O–H groups in total. The maximum absolute atomic E-state index is 13.1. The number of hydrogen-bond donors (Lipinski definition) is 1. The first kappa shape index (κ1) is 21.0. The van der Waals surface area contributed by atoms with Crippen molar-refractivity contribution in [3.63, 3.8) is 0 Å². The van der Waals surface area contributed by atoms with Gasteiger partial charge >= 0.3 is 0 Å². The standard InChI is InChI=1S/C24H22Cl2N4O2/c25-18-8-4-9-19(26)17(18)14-29-11-12-30-22(24(29)32)13-21(28-30)23(31)27-20-10-3-6-15-5-1-2-7-16(15)20/h1-2,4-5,7-9,13,20H,3,6,10-12,14H2,(H,27,31). The number of aryl methyl sites for hydroxylation is 1. The van der Waals surface area contributed by atoms with Gasteiger partial charge in [-0.25, -0.2) is 0 Å². The molecule has 0 saturated heterocycles. The zero-order valence-electron chi connectivity index (χ0n) is 17.4. The summed E-state index contributed by atoms with van der Waals surface area (Å²) < 4.78 is 1.61. The fourth-order valence-corrected chi connectivity index (χ4v) is 5.03. The average molecular weight is 469 g/mol. The third-order valence-electron chi connectivity index (χ3n) is 6.19. The van der Waals surface area contributed by atoms with Gasteiger partial charge in [-0.3, -0.25) is 14.3 Å². The van der Waals surface area contributed by atoms with Gasteiger partial charge in [0.15, 0.2) is 5.69 Å². The third-order valence-corrected chi connectivity index (χ3v) is 6.89. The van der Waals surface area contributed by atoms with Crippen molar-refractivity contribution in [3.8, 4) is 0 Å². The van der Waals surface area contributed by atoms with E-state index < -0.39 is 0 Å². The van der Waals surface area contributed by atoms with Crippen LogP contribution in [0.3, 0.4) is 0 Å². The van der Waals surface area contributed by atoms with E-state index in [4.69, 9.17) is 23.2 Å². The fraction of sp³-hybridized carbons (Fsp3) is 0.292. The van der Waals surface area contributed by atoms with Crippen molar-refractivity contribution < 1.29 is 9.59 Å². The summed E-state index contributed by atoms with van der Waals surface area (Å²) in [5.74, 6) is -0.455. The Morgan fingerprint density at radius 2 is 1.88 bits per heavy atom. The molecule has 1 aromatic heterocycles. The van der Waals surface area contributed by atoms with Crippen LogP contribution in [-0.2, 0) is 19.5 Å². The fourth-order valence-electron chi connectivity index (χ4n) is 4.51. The van der Waals surface area contributed by atoms with Crippen molar-refractivity contribution in [3.05, 3.63) is 86.7 Å². The van der Waals surface area contributed by atoms with E-state index in [9.17, 15) is 9.59 Å². The highest BCUT2D eigenvalue weighted by atomic mass is 35.5. The van der Waals surface area contributed by atoms with Crippen molar-refractivity contribution in [1.82, 2.24) is 20.0 Å². The van der Waals surface area contributed by atoms with Crippen molar-refractivity contribution >= 4 is 35.0 Å². The van der Waals surface area contributed by atoms with Crippen LogP contribution in [0.4, 0.5) is 0 Å². The summed E-state index contributed by atoms with van der Waals surface area (Å²) in [7, 11) is 0. The second kappa shape index (κ2) is 8.60. The molecule has 2 aromatic carbocycles. The van der Waals surface area contributed by atoms with Gasteiger partial charge in [0.25, 0.3) is 11.8 Å². The summed E-state index contributed by atoms with van der Waals surface area (Å²) in [4.78, 5) is 27.7. The topological polar surface area (TPSA) is 67.2 Å². The number of benzene rings is 2. The highest BCUT2D eigenvalue weighted by Crippen LogP contribution is 2.30. The predicted molar refractivity (Wildman–Crippen MR) is 123 cm³/mol. The molecule has 1 aliphatic heterocycles. The molecule has 32 heavy (non-hydrogen) atoms. The summed E-state index contributed by atoms with van der Waals surface area (Å²) in [5.41, 5.74) is 3.81. The Hall–Kier alpha value is -2.83. The van der Waals surface area contributed by atoms with Crippen LogP contribution in [0.25, 0.3) is 0 Å². The van der Waals surface area contributed by atoms with Gasteiger partial charge in [-0.05, 0) is 42.5 Å². The Labute approximate surface area is 196 Å². The lowest BCUT2D eigenvalue weighted by atomic mass is 9.87. The maximum atomic E-state index is 13.1. The maximum Gasteiger partial charge on any atom is 0.272 e. The summed E-state index contributed by atoms with van der Waals surface area (Å²) >= 11 is 12.6. The summed E-state index contributed by atoms with van der Waals surface area (Å²) in [6, 6.07) is 15.0. The van der Waals surface area contributed by atoms with Gasteiger partial charge in [-0.1, -0.05) is 53.5 Å². The smallest absolute Gasteiger partial charge is 0.272 e. The van der Waals surface area contributed by atoms with Gasteiger partial charge in [0, 0.05) is 34.8 Å². The quantitative estimate of drug-likeness (QED) is 0.605. The molecule has 1 unspecified atom stereocenters. The van der Waals surface area contributed by atoms with Crippen LogP contribution < -0.4 is 5.32 Å². The molecule has 2 amide bonds. The lowest BCUT2D eigenvalue weighted by Gasteiger charge is -2.28. The van der Waals surface area contributed by atoms with Crippen molar-refractivity contribution in [1.29, 1.82) is 0 Å². The molecule has 0 fully saturated rings. The number of amides is 2. The van der Waals surface area contributed by atoms with Crippen LogP contribution in [0.15, 0.2) is 48.5 Å². The largest absolute Gasteiger partial charge is 0.344 e. The van der Waals surface area contributed by atoms with E-state index in [-0.39, 0.29) is 23.6 Å². The summed E-state index contributed by atoms with van der Waals surface area (Å²) in [6.07, 6.45) is 2.95. The number of aromatic nitrogens is 2. The lowest BCUT2D eigenvalue weighted by molar-refractivity contribution is 0.0683. The van der Waals surface area contributed by atoms with Gasteiger partial charge in [-0.15, -0.1) is 0 Å². The zero-order valence-corrected chi connectivity index (χ0v) is 18.9.